The van der Waals surface area contributed by atoms with Crippen molar-refractivity contribution < 1.29 is 14.3 Å². The molecular formula is C20H33IN4O3. The van der Waals surface area contributed by atoms with Gasteiger partial charge < -0.3 is 25.0 Å². The molecule has 0 aliphatic carbocycles. The Morgan fingerprint density at radius 2 is 2.11 bits per heavy atom. The molecule has 8 heteroatoms. The second kappa shape index (κ2) is 11.3. The minimum atomic E-state index is -0.489. The van der Waals surface area contributed by atoms with Crippen LogP contribution < -0.4 is 15.4 Å². The lowest BCUT2D eigenvalue weighted by Gasteiger charge is -2.23. The fourth-order valence-corrected chi connectivity index (χ4v) is 2.91. The van der Waals surface area contributed by atoms with Crippen LogP contribution in [0.5, 0.6) is 5.75 Å². The molecule has 1 aliphatic rings. The molecule has 158 valence electrons. The highest BCUT2D eigenvalue weighted by Gasteiger charge is 2.27. The van der Waals surface area contributed by atoms with Crippen molar-refractivity contribution in [2.24, 2.45) is 4.99 Å². The van der Waals surface area contributed by atoms with Crippen LogP contribution in [0.2, 0.25) is 0 Å². The average Bonchev–Trinajstić information content (AvgIpc) is 3.01. The molecule has 7 nitrogen and oxygen atoms in total. The molecule has 1 aromatic carbocycles. The molecule has 1 aliphatic heterocycles. The fraction of sp³-hybridized carbons (Fsp3) is 0.600. The van der Waals surface area contributed by atoms with Gasteiger partial charge in [-0.3, -0.25) is 4.99 Å². The van der Waals surface area contributed by atoms with Crippen molar-refractivity contribution in [1.29, 1.82) is 0 Å². The van der Waals surface area contributed by atoms with Crippen LogP contribution >= 0.6 is 24.0 Å². The maximum atomic E-state index is 11.9. The molecule has 0 saturated carbocycles. The number of rotatable bonds is 5. The van der Waals surface area contributed by atoms with Gasteiger partial charge in [0.25, 0.3) is 0 Å². The number of nitrogens with zero attached hydrogens (tertiary/aromatic N) is 2. The third kappa shape index (κ3) is 8.53. The number of likely N-dealkylation sites (tertiary alicyclic amines) is 1. The van der Waals surface area contributed by atoms with E-state index in [4.69, 9.17) is 9.47 Å². The first-order chi connectivity index (χ1) is 12.8. The van der Waals surface area contributed by atoms with Gasteiger partial charge in [0, 0.05) is 20.1 Å². The summed E-state index contributed by atoms with van der Waals surface area (Å²) in [5.41, 5.74) is 0.689. The van der Waals surface area contributed by atoms with Gasteiger partial charge in [-0.2, -0.15) is 0 Å². The van der Waals surface area contributed by atoms with Crippen LogP contribution in [0.4, 0.5) is 4.79 Å². The quantitative estimate of drug-likeness (QED) is 0.279. The highest BCUT2D eigenvalue weighted by Crippen LogP contribution is 2.13. The van der Waals surface area contributed by atoms with Crippen molar-refractivity contribution in [3.05, 3.63) is 29.8 Å². The van der Waals surface area contributed by atoms with E-state index in [9.17, 15) is 4.79 Å². The largest absolute Gasteiger partial charge is 0.492 e. The van der Waals surface area contributed by atoms with E-state index in [1.54, 1.807) is 7.05 Å². The molecule has 1 fully saturated rings. The number of nitrogens with one attached hydrogen (secondary N) is 2. The number of carbonyl (C=O) groups is 1. The Hall–Kier alpha value is -1.71. The van der Waals surface area contributed by atoms with Crippen LogP contribution in [0.1, 0.15) is 32.8 Å². The molecule has 1 saturated heterocycles. The van der Waals surface area contributed by atoms with E-state index in [0.29, 0.717) is 19.7 Å². The maximum absolute atomic E-state index is 11.9. The Kier molecular flexibility index (Phi) is 9.84. The van der Waals surface area contributed by atoms with Crippen LogP contribution in [0.15, 0.2) is 29.3 Å². The first-order valence-electron chi connectivity index (χ1n) is 9.41. The minimum absolute atomic E-state index is 0. The number of amides is 1. The molecule has 1 unspecified atom stereocenters. The third-order valence-electron chi connectivity index (χ3n) is 4.06. The van der Waals surface area contributed by atoms with Gasteiger partial charge in [0.05, 0.1) is 12.6 Å². The van der Waals surface area contributed by atoms with Gasteiger partial charge in [-0.15, -0.1) is 24.0 Å². The Morgan fingerprint density at radius 1 is 1.36 bits per heavy atom. The molecule has 28 heavy (non-hydrogen) atoms. The van der Waals surface area contributed by atoms with Gasteiger partial charge in [-0.05, 0) is 51.8 Å². The van der Waals surface area contributed by atoms with E-state index >= 15 is 0 Å². The lowest BCUT2D eigenvalue weighted by atomic mass is 10.2. The van der Waals surface area contributed by atoms with Crippen LogP contribution in [0, 0.1) is 6.92 Å². The molecule has 0 aromatic heterocycles. The Morgan fingerprint density at radius 3 is 2.75 bits per heavy atom. The standard InChI is InChI=1S/C20H32N4O3.HI/c1-15-7-6-8-17(13-15)26-12-10-22-18(21-5)24-11-9-16(14-24)23-19(25)27-20(2,3)4;/h6-8,13,16H,9-12,14H2,1-5H3,(H,21,22)(H,23,25);1H. The number of hydrogen-bond donors (Lipinski definition) is 2. The van der Waals surface area contributed by atoms with Crippen molar-refractivity contribution in [1.82, 2.24) is 15.5 Å². The van der Waals surface area contributed by atoms with Gasteiger partial charge in [0.15, 0.2) is 5.96 Å². The number of alkyl carbamates (subject to hydrolysis) is 1. The highest BCUT2D eigenvalue weighted by molar-refractivity contribution is 14.0. The van der Waals surface area contributed by atoms with Crippen molar-refractivity contribution in [2.75, 3.05) is 33.3 Å². The summed E-state index contributed by atoms with van der Waals surface area (Å²) in [6.45, 7) is 10.4. The van der Waals surface area contributed by atoms with E-state index in [0.717, 1.165) is 24.7 Å². The third-order valence-corrected chi connectivity index (χ3v) is 4.06. The summed E-state index contributed by atoms with van der Waals surface area (Å²) in [4.78, 5) is 18.4. The number of hydrogen-bond acceptors (Lipinski definition) is 4. The first-order valence-corrected chi connectivity index (χ1v) is 9.41. The first kappa shape index (κ1) is 24.3. The molecule has 0 radical (unpaired) electrons. The van der Waals surface area contributed by atoms with Gasteiger partial charge >= 0.3 is 6.09 Å². The van der Waals surface area contributed by atoms with Crippen LogP contribution in [-0.2, 0) is 4.74 Å². The minimum Gasteiger partial charge on any atom is -0.492 e. The van der Waals surface area contributed by atoms with Gasteiger partial charge in [-0.1, -0.05) is 12.1 Å². The summed E-state index contributed by atoms with van der Waals surface area (Å²) in [6.07, 6.45) is 0.489. The van der Waals surface area contributed by atoms with E-state index in [1.165, 1.54) is 5.56 Å². The molecular weight excluding hydrogens is 471 g/mol. The van der Waals surface area contributed by atoms with Crippen LogP contribution in [0.3, 0.4) is 0 Å². The summed E-state index contributed by atoms with van der Waals surface area (Å²) >= 11 is 0. The number of aliphatic imine (C=N–C) groups is 1. The molecule has 0 spiro atoms. The molecule has 2 N–H and O–H groups in total. The maximum Gasteiger partial charge on any atom is 0.407 e. The fourth-order valence-electron chi connectivity index (χ4n) is 2.91. The molecule has 0 bridgehead atoms. The van der Waals surface area contributed by atoms with E-state index in [1.807, 2.05) is 52.0 Å². The zero-order valence-electron chi connectivity index (χ0n) is 17.4. The Bertz CT molecular complexity index is 661. The van der Waals surface area contributed by atoms with E-state index < -0.39 is 5.60 Å². The number of ether oxygens (including phenoxy) is 2. The predicted molar refractivity (Wildman–Crippen MR) is 123 cm³/mol. The zero-order valence-corrected chi connectivity index (χ0v) is 19.8. The average molecular weight is 504 g/mol. The van der Waals surface area contributed by atoms with Crippen LogP contribution in [-0.4, -0.2) is 61.9 Å². The number of carbonyl (C=O) groups excluding carboxylic acids is 1. The second-order valence-corrected chi connectivity index (χ2v) is 7.72. The Labute approximate surface area is 185 Å². The summed E-state index contributed by atoms with van der Waals surface area (Å²) in [5, 5.41) is 6.24. The smallest absolute Gasteiger partial charge is 0.407 e. The van der Waals surface area contributed by atoms with Crippen molar-refractivity contribution >= 4 is 36.0 Å². The lowest BCUT2D eigenvalue weighted by Crippen LogP contribution is -2.44. The molecule has 1 amide bonds. The zero-order chi connectivity index (χ0) is 19.9. The monoisotopic (exact) mass is 504 g/mol. The summed E-state index contributed by atoms with van der Waals surface area (Å²) in [7, 11) is 1.76. The summed E-state index contributed by atoms with van der Waals surface area (Å²) in [5.74, 6) is 1.69. The molecule has 2 rings (SSSR count). The lowest BCUT2D eigenvalue weighted by molar-refractivity contribution is 0.0507. The topological polar surface area (TPSA) is 75.2 Å². The molecule has 1 atom stereocenters. The molecule has 1 aromatic rings. The van der Waals surface area contributed by atoms with Crippen molar-refractivity contribution in [3.63, 3.8) is 0 Å². The number of guanidine groups is 1. The predicted octanol–water partition coefficient (Wildman–Crippen LogP) is 3.17. The van der Waals surface area contributed by atoms with E-state index in [-0.39, 0.29) is 36.1 Å². The number of aryl methyl sites for hydroxylation is 1. The van der Waals surface area contributed by atoms with E-state index in [2.05, 4.69) is 20.5 Å². The number of halogens is 1. The van der Waals surface area contributed by atoms with Crippen molar-refractivity contribution in [3.8, 4) is 5.75 Å². The van der Waals surface area contributed by atoms with Gasteiger partial charge in [0.1, 0.15) is 18.0 Å². The van der Waals surface area contributed by atoms with Gasteiger partial charge in [0.2, 0.25) is 0 Å². The summed E-state index contributed by atoms with van der Waals surface area (Å²) in [6, 6.07) is 8.06. The van der Waals surface area contributed by atoms with Gasteiger partial charge in [-0.25, -0.2) is 4.79 Å². The normalized spacial score (nSPS) is 17.0. The number of benzene rings is 1. The highest BCUT2D eigenvalue weighted by atomic mass is 127. The SMILES string of the molecule is CN=C(NCCOc1cccc(C)c1)N1CCC(NC(=O)OC(C)(C)C)C1.I. The molecule has 1 heterocycles. The summed E-state index contributed by atoms with van der Waals surface area (Å²) < 4.78 is 11.1. The van der Waals surface area contributed by atoms with Crippen LogP contribution in [0.25, 0.3) is 0 Å². The Balaban J connectivity index is 0.00000392. The second-order valence-electron chi connectivity index (χ2n) is 7.72. The van der Waals surface area contributed by atoms with Crippen molar-refractivity contribution in [2.45, 2.75) is 45.8 Å².